The molecule has 0 aromatic carbocycles. The van der Waals surface area contributed by atoms with Gasteiger partial charge in [-0.2, -0.15) is 0 Å². The lowest BCUT2D eigenvalue weighted by atomic mass is 9.83. The summed E-state index contributed by atoms with van der Waals surface area (Å²) in [5.74, 6) is 1.08. The highest BCUT2D eigenvalue weighted by Crippen LogP contribution is 2.46. The Bertz CT molecular complexity index is 386. The van der Waals surface area contributed by atoms with E-state index < -0.39 is 0 Å². The Morgan fingerprint density at radius 1 is 1.06 bits per heavy atom. The Morgan fingerprint density at radius 2 is 1.61 bits per heavy atom. The van der Waals surface area contributed by atoms with Gasteiger partial charge in [0.1, 0.15) is 5.75 Å². The molecule has 2 heteroatoms. The van der Waals surface area contributed by atoms with Gasteiger partial charge >= 0.3 is 0 Å². The standard InChI is InChI=1S/C16H28OS/c1-8-15(4,5)14-12(17-7)11-13(18-14)16(6,9-2)10-3/h11H,8-10H2,1-7H3. The molecule has 1 nitrogen and oxygen atoms in total. The van der Waals surface area contributed by atoms with Gasteiger partial charge in [0.15, 0.2) is 0 Å². The van der Waals surface area contributed by atoms with Crippen molar-refractivity contribution in [2.45, 2.75) is 71.6 Å². The molecule has 0 saturated heterocycles. The highest BCUT2D eigenvalue weighted by atomic mass is 32.1. The van der Waals surface area contributed by atoms with Crippen LogP contribution >= 0.6 is 11.3 Å². The maximum atomic E-state index is 5.61. The van der Waals surface area contributed by atoms with Crippen molar-refractivity contribution in [1.82, 2.24) is 0 Å². The van der Waals surface area contributed by atoms with Gasteiger partial charge in [0.25, 0.3) is 0 Å². The zero-order chi connectivity index (χ0) is 14.0. The van der Waals surface area contributed by atoms with Crippen LogP contribution in [-0.2, 0) is 10.8 Å². The number of methoxy groups -OCH3 is 1. The molecule has 0 amide bonds. The third-order valence-corrected chi connectivity index (χ3v) is 6.36. The molecule has 18 heavy (non-hydrogen) atoms. The van der Waals surface area contributed by atoms with Gasteiger partial charge in [-0.05, 0) is 25.3 Å². The summed E-state index contributed by atoms with van der Waals surface area (Å²) in [7, 11) is 1.79. The first-order chi connectivity index (χ1) is 8.34. The van der Waals surface area contributed by atoms with Crippen LogP contribution in [0.5, 0.6) is 5.75 Å². The second-order valence-corrected chi connectivity index (χ2v) is 7.07. The molecule has 0 atom stereocenters. The minimum absolute atomic E-state index is 0.205. The van der Waals surface area contributed by atoms with Crippen LogP contribution in [0.1, 0.15) is 70.6 Å². The molecule has 0 N–H and O–H groups in total. The van der Waals surface area contributed by atoms with Crippen molar-refractivity contribution in [3.8, 4) is 5.75 Å². The topological polar surface area (TPSA) is 9.23 Å². The van der Waals surface area contributed by atoms with E-state index in [2.05, 4.69) is 47.6 Å². The molecule has 0 aliphatic rings. The third kappa shape index (κ3) is 2.74. The number of hydrogen-bond acceptors (Lipinski definition) is 2. The molecule has 1 aromatic heterocycles. The van der Waals surface area contributed by atoms with Crippen LogP contribution in [0.2, 0.25) is 0 Å². The molecule has 104 valence electrons. The van der Waals surface area contributed by atoms with Gasteiger partial charge < -0.3 is 4.74 Å². The molecule has 1 aromatic rings. The minimum Gasteiger partial charge on any atom is -0.496 e. The van der Waals surface area contributed by atoms with E-state index in [0.29, 0.717) is 5.41 Å². The van der Waals surface area contributed by atoms with Crippen LogP contribution in [0.15, 0.2) is 6.07 Å². The van der Waals surface area contributed by atoms with Crippen molar-refractivity contribution in [2.24, 2.45) is 0 Å². The van der Waals surface area contributed by atoms with Gasteiger partial charge in [-0.25, -0.2) is 0 Å². The highest BCUT2D eigenvalue weighted by Gasteiger charge is 2.31. The average molecular weight is 268 g/mol. The lowest BCUT2D eigenvalue weighted by Crippen LogP contribution is -2.17. The lowest BCUT2D eigenvalue weighted by molar-refractivity contribution is 0.393. The van der Waals surface area contributed by atoms with E-state index >= 15 is 0 Å². The Labute approximate surface area is 117 Å². The normalized spacial score (nSPS) is 12.8. The molecule has 0 aliphatic heterocycles. The van der Waals surface area contributed by atoms with Gasteiger partial charge in [-0.1, -0.05) is 41.5 Å². The van der Waals surface area contributed by atoms with E-state index in [1.54, 1.807) is 7.11 Å². The van der Waals surface area contributed by atoms with Crippen molar-refractivity contribution >= 4 is 11.3 Å². The van der Waals surface area contributed by atoms with Crippen LogP contribution in [0, 0.1) is 0 Å². The Morgan fingerprint density at radius 3 is 2.00 bits per heavy atom. The van der Waals surface area contributed by atoms with Crippen molar-refractivity contribution in [3.05, 3.63) is 15.8 Å². The van der Waals surface area contributed by atoms with E-state index in [1.165, 1.54) is 22.6 Å². The van der Waals surface area contributed by atoms with Crippen molar-refractivity contribution < 1.29 is 4.74 Å². The summed E-state index contributed by atoms with van der Waals surface area (Å²) in [6.45, 7) is 13.8. The summed E-state index contributed by atoms with van der Waals surface area (Å²) in [4.78, 5) is 2.87. The van der Waals surface area contributed by atoms with Crippen molar-refractivity contribution in [1.29, 1.82) is 0 Å². The summed E-state index contributed by atoms with van der Waals surface area (Å²) in [6.07, 6.45) is 3.50. The first-order valence-corrected chi connectivity index (χ1v) is 7.85. The predicted octanol–water partition coefficient (Wildman–Crippen LogP) is 5.52. The molecule has 0 bridgehead atoms. The first kappa shape index (κ1) is 15.6. The van der Waals surface area contributed by atoms with Gasteiger partial charge in [0.2, 0.25) is 0 Å². The Kier molecular flexibility index (Phi) is 4.88. The van der Waals surface area contributed by atoms with Gasteiger partial charge in [-0.3, -0.25) is 0 Å². The summed E-state index contributed by atoms with van der Waals surface area (Å²) in [5.41, 5.74) is 0.497. The minimum atomic E-state index is 0.205. The number of ether oxygens (including phenoxy) is 1. The van der Waals surface area contributed by atoms with Crippen LogP contribution in [0.25, 0.3) is 0 Å². The molecule has 0 spiro atoms. The lowest BCUT2D eigenvalue weighted by Gasteiger charge is -2.25. The Balaban J connectivity index is 3.28. The van der Waals surface area contributed by atoms with E-state index in [9.17, 15) is 0 Å². The van der Waals surface area contributed by atoms with Crippen molar-refractivity contribution in [2.75, 3.05) is 7.11 Å². The molecule has 0 radical (unpaired) electrons. The van der Waals surface area contributed by atoms with Gasteiger partial charge in [0, 0.05) is 15.7 Å². The van der Waals surface area contributed by atoms with Gasteiger partial charge in [-0.15, -0.1) is 11.3 Å². The second kappa shape index (κ2) is 5.64. The highest BCUT2D eigenvalue weighted by molar-refractivity contribution is 7.12. The summed E-state index contributed by atoms with van der Waals surface area (Å²) in [5, 5.41) is 0. The van der Waals surface area contributed by atoms with Crippen LogP contribution < -0.4 is 4.74 Å². The predicted molar refractivity (Wildman–Crippen MR) is 82.1 cm³/mol. The summed E-state index contributed by atoms with van der Waals surface area (Å²) >= 11 is 1.95. The van der Waals surface area contributed by atoms with Gasteiger partial charge in [0.05, 0.1) is 12.0 Å². The molecule has 0 unspecified atom stereocenters. The fourth-order valence-corrected chi connectivity index (χ4v) is 3.64. The molecule has 1 rings (SSSR count). The van der Waals surface area contributed by atoms with Crippen LogP contribution in [0.4, 0.5) is 0 Å². The number of thiophene rings is 1. The van der Waals surface area contributed by atoms with Crippen LogP contribution in [0.3, 0.4) is 0 Å². The SMILES string of the molecule is CCC(C)(C)c1sc(C(C)(CC)CC)cc1OC. The van der Waals surface area contributed by atoms with E-state index in [0.717, 1.165) is 12.2 Å². The van der Waals surface area contributed by atoms with E-state index in [1.807, 2.05) is 11.3 Å². The summed E-state index contributed by atoms with van der Waals surface area (Å²) in [6, 6.07) is 2.27. The van der Waals surface area contributed by atoms with Crippen LogP contribution in [-0.4, -0.2) is 7.11 Å². The maximum Gasteiger partial charge on any atom is 0.133 e. The summed E-state index contributed by atoms with van der Waals surface area (Å²) < 4.78 is 5.61. The van der Waals surface area contributed by atoms with E-state index in [4.69, 9.17) is 4.74 Å². The zero-order valence-corrected chi connectivity index (χ0v) is 13.8. The smallest absolute Gasteiger partial charge is 0.133 e. The van der Waals surface area contributed by atoms with E-state index in [-0.39, 0.29) is 5.41 Å². The molecular formula is C16H28OS. The average Bonchev–Trinajstić information content (AvgIpc) is 2.83. The second-order valence-electron chi connectivity index (χ2n) is 6.01. The first-order valence-electron chi connectivity index (χ1n) is 7.03. The molecule has 0 aliphatic carbocycles. The zero-order valence-electron chi connectivity index (χ0n) is 13.0. The fourth-order valence-electron chi connectivity index (χ4n) is 2.05. The largest absolute Gasteiger partial charge is 0.496 e. The maximum absolute atomic E-state index is 5.61. The molecular weight excluding hydrogens is 240 g/mol. The Hall–Kier alpha value is -0.500. The monoisotopic (exact) mass is 268 g/mol. The third-order valence-electron chi connectivity index (χ3n) is 4.57. The number of rotatable bonds is 6. The molecule has 0 saturated carbocycles. The quantitative estimate of drug-likeness (QED) is 0.660. The number of hydrogen-bond donors (Lipinski definition) is 0. The fraction of sp³-hybridized carbons (Fsp3) is 0.750. The molecule has 0 fully saturated rings. The van der Waals surface area contributed by atoms with Crippen molar-refractivity contribution in [3.63, 3.8) is 0 Å². The molecule has 1 heterocycles.